The van der Waals surface area contributed by atoms with Crippen molar-refractivity contribution in [1.29, 1.82) is 0 Å². The van der Waals surface area contributed by atoms with Crippen molar-refractivity contribution in [2.75, 3.05) is 0 Å². The van der Waals surface area contributed by atoms with Crippen molar-refractivity contribution in [3.63, 3.8) is 0 Å². The van der Waals surface area contributed by atoms with Gasteiger partial charge >= 0.3 is 0 Å². The number of nitrogens with zero attached hydrogens (tertiary/aromatic N) is 1. The molecule has 4 aromatic rings. The van der Waals surface area contributed by atoms with Crippen LogP contribution in [-0.2, 0) is 0 Å². The van der Waals surface area contributed by atoms with Crippen LogP contribution in [-0.4, -0.2) is 5.71 Å². The first-order chi connectivity index (χ1) is 12.9. The molecule has 1 aliphatic heterocycles. The lowest BCUT2D eigenvalue weighted by molar-refractivity contribution is 1.57. The van der Waals surface area contributed by atoms with E-state index in [1.165, 1.54) is 27.5 Å². The van der Waals surface area contributed by atoms with Gasteiger partial charge in [-0.15, -0.1) is 0 Å². The smallest absolute Gasteiger partial charge is 0.0788 e. The third kappa shape index (κ3) is 2.55. The zero-order valence-electron chi connectivity index (χ0n) is 14.3. The van der Waals surface area contributed by atoms with E-state index in [0.717, 1.165) is 17.0 Å². The van der Waals surface area contributed by atoms with E-state index < -0.39 is 0 Å². The molecular formula is C25H17N. The Bertz CT molecular complexity index is 1170. The second kappa shape index (κ2) is 6.12. The quantitative estimate of drug-likeness (QED) is 0.415. The molecule has 0 saturated heterocycles. The van der Waals surface area contributed by atoms with Crippen molar-refractivity contribution < 1.29 is 0 Å². The molecule has 0 saturated carbocycles. The molecule has 0 N–H and O–H groups in total. The van der Waals surface area contributed by atoms with Gasteiger partial charge in [0.25, 0.3) is 0 Å². The highest BCUT2D eigenvalue weighted by Gasteiger charge is 2.21. The maximum absolute atomic E-state index is 5.01. The van der Waals surface area contributed by atoms with Crippen LogP contribution >= 0.6 is 0 Å². The van der Waals surface area contributed by atoms with Crippen LogP contribution in [0.3, 0.4) is 0 Å². The molecule has 0 spiro atoms. The summed E-state index contributed by atoms with van der Waals surface area (Å²) in [4.78, 5) is 5.01. The molecule has 0 fully saturated rings. The summed E-state index contributed by atoms with van der Waals surface area (Å²) >= 11 is 0. The van der Waals surface area contributed by atoms with Gasteiger partial charge in [0.1, 0.15) is 0 Å². The zero-order valence-corrected chi connectivity index (χ0v) is 14.3. The predicted molar refractivity (Wildman–Crippen MR) is 110 cm³/mol. The third-order valence-corrected chi connectivity index (χ3v) is 4.82. The van der Waals surface area contributed by atoms with Crippen LogP contribution in [0.15, 0.2) is 102 Å². The molecule has 0 amide bonds. The van der Waals surface area contributed by atoms with E-state index in [0.29, 0.717) is 0 Å². The van der Waals surface area contributed by atoms with Gasteiger partial charge in [-0.3, -0.25) is 0 Å². The normalized spacial score (nSPS) is 14.5. The summed E-state index contributed by atoms with van der Waals surface area (Å²) in [5.74, 6) is 0. The van der Waals surface area contributed by atoms with E-state index in [-0.39, 0.29) is 0 Å². The average Bonchev–Trinajstić information content (AvgIpc) is 3.07. The lowest BCUT2D eigenvalue weighted by atomic mass is 9.97. The minimum absolute atomic E-state index is 1.02. The summed E-state index contributed by atoms with van der Waals surface area (Å²) in [5, 5.41) is 2.49. The molecule has 0 aromatic heterocycles. The molecular weight excluding hydrogens is 314 g/mol. The first-order valence-electron chi connectivity index (χ1n) is 8.83. The molecule has 1 heterocycles. The van der Waals surface area contributed by atoms with Crippen LogP contribution in [0.5, 0.6) is 0 Å². The summed E-state index contributed by atoms with van der Waals surface area (Å²) < 4.78 is 0. The Kier molecular flexibility index (Phi) is 3.50. The summed E-state index contributed by atoms with van der Waals surface area (Å²) in [5.41, 5.74) is 6.79. The monoisotopic (exact) mass is 331 g/mol. The molecule has 4 aromatic carbocycles. The van der Waals surface area contributed by atoms with Gasteiger partial charge < -0.3 is 0 Å². The van der Waals surface area contributed by atoms with Gasteiger partial charge in [0.15, 0.2) is 0 Å². The molecule has 122 valence electrons. The van der Waals surface area contributed by atoms with E-state index >= 15 is 0 Å². The van der Waals surface area contributed by atoms with Crippen molar-refractivity contribution in [2.24, 2.45) is 4.99 Å². The Hall–Kier alpha value is -3.45. The molecule has 1 aliphatic rings. The molecule has 1 heteroatoms. The minimum atomic E-state index is 1.02. The molecule has 5 rings (SSSR count). The average molecular weight is 331 g/mol. The maximum atomic E-state index is 5.01. The maximum Gasteiger partial charge on any atom is 0.0788 e. The number of benzene rings is 4. The first kappa shape index (κ1) is 14.9. The number of rotatable bonds is 2. The molecule has 0 radical (unpaired) electrons. The van der Waals surface area contributed by atoms with E-state index in [2.05, 4.69) is 97.1 Å². The predicted octanol–water partition coefficient (Wildman–Crippen LogP) is 6.19. The molecule has 0 bridgehead atoms. The summed E-state index contributed by atoms with van der Waals surface area (Å²) in [6.07, 6.45) is 2.16. The number of fused-ring (bicyclic) bond motifs is 2. The highest BCUT2D eigenvalue weighted by Crippen LogP contribution is 2.33. The van der Waals surface area contributed by atoms with Gasteiger partial charge in [-0.1, -0.05) is 91.0 Å². The van der Waals surface area contributed by atoms with Crippen LogP contribution in [0, 0.1) is 0 Å². The van der Waals surface area contributed by atoms with E-state index in [1.54, 1.807) is 0 Å². The standard InChI is InChI=1S/C25H17N/c1-2-8-18(9-3-1)16-24-22-12-6-7-13-23(22)25(26-24)21-15-14-19-10-4-5-11-20(19)17-21/h1-17H/b24-16-. The second-order valence-electron chi connectivity index (χ2n) is 6.51. The second-order valence-corrected chi connectivity index (χ2v) is 6.51. The van der Waals surface area contributed by atoms with Crippen molar-refractivity contribution in [3.8, 4) is 0 Å². The Labute approximate surface area is 153 Å². The van der Waals surface area contributed by atoms with Crippen molar-refractivity contribution in [2.45, 2.75) is 0 Å². The topological polar surface area (TPSA) is 12.4 Å². The van der Waals surface area contributed by atoms with Crippen molar-refractivity contribution >= 4 is 28.3 Å². The van der Waals surface area contributed by atoms with Gasteiger partial charge in [0.05, 0.1) is 11.4 Å². The van der Waals surface area contributed by atoms with Gasteiger partial charge in [0.2, 0.25) is 0 Å². The molecule has 26 heavy (non-hydrogen) atoms. The lowest BCUT2D eigenvalue weighted by Gasteiger charge is -2.05. The lowest BCUT2D eigenvalue weighted by Crippen LogP contribution is -2.00. The van der Waals surface area contributed by atoms with Crippen LogP contribution in [0.1, 0.15) is 22.3 Å². The summed E-state index contributed by atoms with van der Waals surface area (Å²) in [7, 11) is 0. The van der Waals surface area contributed by atoms with Crippen molar-refractivity contribution in [1.82, 2.24) is 0 Å². The fourth-order valence-electron chi connectivity index (χ4n) is 3.53. The summed E-state index contributed by atoms with van der Waals surface area (Å²) in [6, 6.07) is 33.9. The summed E-state index contributed by atoms with van der Waals surface area (Å²) in [6.45, 7) is 0. The van der Waals surface area contributed by atoms with Gasteiger partial charge in [-0.2, -0.15) is 0 Å². The molecule has 0 aliphatic carbocycles. The van der Waals surface area contributed by atoms with Crippen molar-refractivity contribution in [3.05, 3.63) is 119 Å². The third-order valence-electron chi connectivity index (χ3n) is 4.82. The minimum Gasteiger partial charge on any atom is -0.247 e. The van der Waals surface area contributed by atoms with E-state index in [9.17, 15) is 0 Å². The largest absolute Gasteiger partial charge is 0.247 e. The fourth-order valence-corrected chi connectivity index (χ4v) is 3.53. The Balaban J connectivity index is 1.68. The number of hydrogen-bond donors (Lipinski definition) is 0. The fraction of sp³-hybridized carbons (Fsp3) is 0. The van der Waals surface area contributed by atoms with Crippen LogP contribution in [0.2, 0.25) is 0 Å². The highest BCUT2D eigenvalue weighted by molar-refractivity contribution is 6.22. The number of hydrogen-bond acceptors (Lipinski definition) is 1. The molecule has 1 nitrogen and oxygen atoms in total. The van der Waals surface area contributed by atoms with Gasteiger partial charge in [-0.05, 0) is 28.5 Å². The first-order valence-corrected chi connectivity index (χ1v) is 8.83. The molecule has 0 atom stereocenters. The molecule has 0 unspecified atom stereocenters. The Morgan fingerprint density at radius 1 is 0.577 bits per heavy atom. The SMILES string of the molecule is C(=C1/N=C(c2ccc3ccccc3c2)c2ccccc21)/c1ccccc1. The Morgan fingerprint density at radius 2 is 1.27 bits per heavy atom. The van der Waals surface area contributed by atoms with E-state index in [1.807, 2.05) is 6.07 Å². The van der Waals surface area contributed by atoms with E-state index in [4.69, 9.17) is 4.99 Å². The van der Waals surface area contributed by atoms with Crippen LogP contribution < -0.4 is 0 Å². The zero-order chi connectivity index (χ0) is 17.3. The number of aliphatic imine (C=N–C) groups is 1. The van der Waals surface area contributed by atoms with Gasteiger partial charge in [-0.25, -0.2) is 4.99 Å². The highest BCUT2D eigenvalue weighted by atomic mass is 14.8. The van der Waals surface area contributed by atoms with Gasteiger partial charge in [0, 0.05) is 16.7 Å². The van der Waals surface area contributed by atoms with Crippen LogP contribution in [0.25, 0.3) is 22.5 Å². The Morgan fingerprint density at radius 3 is 2.12 bits per heavy atom. The van der Waals surface area contributed by atoms with Crippen LogP contribution in [0.4, 0.5) is 0 Å².